The molecule has 25 heavy (non-hydrogen) atoms. The summed E-state index contributed by atoms with van der Waals surface area (Å²) < 4.78 is 0. The lowest BCUT2D eigenvalue weighted by Crippen LogP contribution is -2.28. The van der Waals surface area contributed by atoms with Crippen LogP contribution in [0.1, 0.15) is 37.3 Å². The van der Waals surface area contributed by atoms with E-state index in [-0.39, 0.29) is 5.56 Å². The summed E-state index contributed by atoms with van der Waals surface area (Å²) in [7, 11) is 0. The number of allylic oxidation sites excluding steroid dienone is 2. The van der Waals surface area contributed by atoms with Crippen LogP contribution in [0.4, 0.5) is 0 Å². The molecule has 130 valence electrons. The minimum Gasteiger partial charge on any atom is -0.305 e. The highest BCUT2D eigenvalue weighted by molar-refractivity contribution is 5.48. The highest BCUT2D eigenvalue weighted by atomic mass is 16.1. The van der Waals surface area contributed by atoms with Crippen LogP contribution in [-0.2, 0) is 0 Å². The average molecular weight is 336 g/mol. The number of hydrogen-bond donors (Lipinski definition) is 1. The molecule has 3 heterocycles. The minimum atomic E-state index is -0.0958. The fourth-order valence-electron chi connectivity index (χ4n) is 3.94. The minimum absolute atomic E-state index is 0.0958. The van der Waals surface area contributed by atoms with Crippen LogP contribution < -0.4 is 5.56 Å². The van der Waals surface area contributed by atoms with Crippen LogP contribution >= 0.6 is 0 Å². The van der Waals surface area contributed by atoms with Gasteiger partial charge in [-0.3, -0.25) is 9.78 Å². The van der Waals surface area contributed by atoms with E-state index in [1.807, 2.05) is 18.2 Å². The predicted molar refractivity (Wildman–Crippen MR) is 98.4 cm³/mol. The van der Waals surface area contributed by atoms with Gasteiger partial charge in [-0.15, -0.1) is 0 Å². The van der Waals surface area contributed by atoms with Gasteiger partial charge in [0.05, 0.1) is 5.69 Å². The van der Waals surface area contributed by atoms with Gasteiger partial charge in [0.1, 0.15) is 5.69 Å². The number of likely N-dealkylation sites (tertiary alicyclic amines) is 1. The van der Waals surface area contributed by atoms with Crippen molar-refractivity contribution in [1.29, 1.82) is 0 Å². The molecule has 0 aromatic carbocycles. The predicted octanol–water partition coefficient (Wildman–Crippen LogP) is 2.98. The normalized spacial score (nSPS) is 23.8. The van der Waals surface area contributed by atoms with E-state index in [2.05, 4.69) is 27.0 Å². The van der Waals surface area contributed by atoms with Crippen LogP contribution in [0.2, 0.25) is 0 Å². The monoisotopic (exact) mass is 336 g/mol. The zero-order valence-electron chi connectivity index (χ0n) is 14.4. The summed E-state index contributed by atoms with van der Waals surface area (Å²) in [5.74, 6) is 1.68. The third kappa shape index (κ3) is 3.87. The highest BCUT2D eigenvalue weighted by Crippen LogP contribution is 2.28. The summed E-state index contributed by atoms with van der Waals surface area (Å²) in [4.78, 5) is 26.5. The maximum atomic E-state index is 12.1. The number of H-pyrrole nitrogens is 1. The maximum absolute atomic E-state index is 12.1. The number of pyridine rings is 1. The van der Waals surface area contributed by atoms with Crippen LogP contribution in [0.15, 0.2) is 47.4 Å². The van der Waals surface area contributed by atoms with Crippen LogP contribution in [0.25, 0.3) is 11.5 Å². The first-order chi connectivity index (χ1) is 12.3. The molecule has 1 aliphatic heterocycles. The quantitative estimate of drug-likeness (QED) is 0.872. The number of aromatic nitrogens is 3. The van der Waals surface area contributed by atoms with Gasteiger partial charge in [0.25, 0.3) is 5.56 Å². The molecule has 1 saturated heterocycles. The SMILES string of the molecule is O=c1cc(C2CCN(CC3CC=CCC3)C2)nc(-c2ccccn2)[nH]1. The van der Waals surface area contributed by atoms with Gasteiger partial charge in [0.2, 0.25) is 0 Å². The number of nitrogens with one attached hydrogen (secondary N) is 1. The Labute approximate surface area is 147 Å². The number of nitrogens with zero attached hydrogens (tertiary/aromatic N) is 3. The van der Waals surface area contributed by atoms with Gasteiger partial charge < -0.3 is 9.88 Å². The van der Waals surface area contributed by atoms with Crippen LogP contribution in [0.3, 0.4) is 0 Å². The van der Waals surface area contributed by atoms with Crippen molar-refractivity contribution >= 4 is 0 Å². The summed E-state index contributed by atoms with van der Waals surface area (Å²) in [5, 5.41) is 0. The molecular formula is C20H24N4O. The van der Waals surface area contributed by atoms with Crippen molar-refractivity contribution in [3.05, 3.63) is 58.7 Å². The Bertz CT molecular complexity index is 799. The first kappa shape index (κ1) is 16.2. The second-order valence-corrected chi connectivity index (χ2v) is 7.13. The Morgan fingerprint density at radius 3 is 3.00 bits per heavy atom. The molecule has 0 spiro atoms. The summed E-state index contributed by atoms with van der Waals surface area (Å²) in [6, 6.07) is 7.30. The van der Waals surface area contributed by atoms with Gasteiger partial charge in [-0.05, 0) is 50.3 Å². The summed E-state index contributed by atoms with van der Waals surface area (Å²) >= 11 is 0. The van der Waals surface area contributed by atoms with E-state index in [0.717, 1.165) is 37.7 Å². The third-order valence-electron chi connectivity index (χ3n) is 5.25. The molecule has 0 saturated carbocycles. The molecule has 2 aromatic rings. The molecule has 5 nitrogen and oxygen atoms in total. The van der Waals surface area contributed by atoms with Crippen molar-refractivity contribution in [2.45, 2.75) is 31.6 Å². The second kappa shape index (κ2) is 7.31. The van der Waals surface area contributed by atoms with Gasteiger partial charge >= 0.3 is 0 Å². The Kier molecular flexibility index (Phi) is 4.74. The van der Waals surface area contributed by atoms with Crippen LogP contribution in [0.5, 0.6) is 0 Å². The number of rotatable bonds is 4. The Morgan fingerprint density at radius 2 is 2.20 bits per heavy atom. The maximum Gasteiger partial charge on any atom is 0.251 e. The molecule has 2 atom stereocenters. The molecule has 2 aliphatic rings. The van der Waals surface area contributed by atoms with Crippen LogP contribution in [0, 0.1) is 5.92 Å². The van der Waals surface area contributed by atoms with Crippen molar-refractivity contribution in [2.75, 3.05) is 19.6 Å². The average Bonchev–Trinajstić information content (AvgIpc) is 3.11. The molecule has 2 aromatic heterocycles. The van der Waals surface area contributed by atoms with Crippen LogP contribution in [-0.4, -0.2) is 39.5 Å². The number of aromatic amines is 1. The molecule has 1 aliphatic carbocycles. The van der Waals surface area contributed by atoms with E-state index in [0.29, 0.717) is 17.4 Å². The largest absolute Gasteiger partial charge is 0.305 e. The summed E-state index contributed by atoms with van der Waals surface area (Å²) in [6.07, 6.45) is 11.1. The van der Waals surface area contributed by atoms with Crippen molar-refractivity contribution in [2.24, 2.45) is 5.92 Å². The van der Waals surface area contributed by atoms with E-state index in [1.165, 1.54) is 19.3 Å². The zero-order valence-corrected chi connectivity index (χ0v) is 14.4. The summed E-state index contributed by atoms with van der Waals surface area (Å²) in [6.45, 7) is 3.26. The van der Waals surface area contributed by atoms with Crippen molar-refractivity contribution in [3.8, 4) is 11.5 Å². The third-order valence-corrected chi connectivity index (χ3v) is 5.25. The number of hydrogen-bond acceptors (Lipinski definition) is 4. The fourth-order valence-corrected chi connectivity index (χ4v) is 3.94. The van der Waals surface area contributed by atoms with Gasteiger partial charge in [0, 0.05) is 31.3 Å². The zero-order chi connectivity index (χ0) is 17.1. The molecular weight excluding hydrogens is 312 g/mol. The van der Waals surface area contributed by atoms with Crippen molar-refractivity contribution in [3.63, 3.8) is 0 Å². The topological polar surface area (TPSA) is 61.9 Å². The van der Waals surface area contributed by atoms with E-state index in [1.54, 1.807) is 12.3 Å². The van der Waals surface area contributed by atoms with Gasteiger partial charge in [0.15, 0.2) is 5.82 Å². The second-order valence-electron chi connectivity index (χ2n) is 7.13. The first-order valence-corrected chi connectivity index (χ1v) is 9.18. The summed E-state index contributed by atoms with van der Waals surface area (Å²) in [5.41, 5.74) is 1.52. The van der Waals surface area contributed by atoms with Crippen molar-refractivity contribution < 1.29 is 0 Å². The lowest BCUT2D eigenvalue weighted by atomic mass is 9.94. The van der Waals surface area contributed by atoms with E-state index in [9.17, 15) is 4.79 Å². The lowest BCUT2D eigenvalue weighted by molar-refractivity contribution is 0.263. The Balaban J connectivity index is 1.48. The standard InChI is InChI=1S/C20H24N4O/c25-19-12-18(22-20(23-19)17-8-4-5-10-21-17)16-9-11-24(14-16)13-15-6-2-1-3-7-15/h1-2,4-5,8,10,12,15-16H,3,6-7,9,11,13-14H2,(H,22,23,25). The van der Waals surface area contributed by atoms with E-state index >= 15 is 0 Å². The molecule has 1 fully saturated rings. The smallest absolute Gasteiger partial charge is 0.251 e. The fraction of sp³-hybridized carbons (Fsp3) is 0.450. The van der Waals surface area contributed by atoms with Gasteiger partial charge in [-0.25, -0.2) is 4.98 Å². The lowest BCUT2D eigenvalue weighted by Gasteiger charge is -2.24. The molecule has 0 amide bonds. The van der Waals surface area contributed by atoms with E-state index < -0.39 is 0 Å². The highest BCUT2D eigenvalue weighted by Gasteiger charge is 2.27. The van der Waals surface area contributed by atoms with Gasteiger partial charge in [-0.1, -0.05) is 18.2 Å². The molecule has 0 bridgehead atoms. The molecule has 5 heteroatoms. The van der Waals surface area contributed by atoms with Gasteiger partial charge in [-0.2, -0.15) is 0 Å². The first-order valence-electron chi connectivity index (χ1n) is 9.18. The Hall–Kier alpha value is -2.27. The van der Waals surface area contributed by atoms with Crippen molar-refractivity contribution in [1.82, 2.24) is 19.9 Å². The van der Waals surface area contributed by atoms with E-state index in [4.69, 9.17) is 4.98 Å². The molecule has 2 unspecified atom stereocenters. The Morgan fingerprint density at radius 1 is 1.24 bits per heavy atom. The molecule has 0 radical (unpaired) electrons. The molecule has 4 rings (SSSR count). The molecule has 1 N–H and O–H groups in total.